The van der Waals surface area contributed by atoms with Crippen LogP contribution in [0.15, 0.2) is 67.0 Å². The maximum Gasteiger partial charge on any atom is 0.228 e. The molecule has 2 aromatic carbocycles. The van der Waals surface area contributed by atoms with Crippen molar-refractivity contribution in [3.63, 3.8) is 0 Å². The largest absolute Gasteiger partial charge is 0.361 e. The molecule has 0 atom stereocenters. The Bertz CT molecular complexity index is 1320. The first-order valence-electron chi connectivity index (χ1n) is 9.35. The van der Waals surface area contributed by atoms with E-state index in [1.807, 2.05) is 61.7 Å². The van der Waals surface area contributed by atoms with Crippen LogP contribution in [0.3, 0.4) is 0 Å². The molecule has 5 aromatic rings. The summed E-state index contributed by atoms with van der Waals surface area (Å²) in [6, 6.07) is 17.9. The van der Waals surface area contributed by atoms with Crippen molar-refractivity contribution < 1.29 is 4.79 Å². The van der Waals surface area contributed by atoms with Crippen LogP contribution >= 0.6 is 11.3 Å². The molecule has 1 amide bonds. The topological polar surface area (TPSA) is 70.7 Å². The van der Waals surface area contributed by atoms with Gasteiger partial charge in [-0.2, -0.15) is 0 Å². The Morgan fingerprint density at radius 1 is 1.14 bits per heavy atom. The van der Waals surface area contributed by atoms with Crippen molar-refractivity contribution >= 4 is 44.2 Å². The number of aryl methyl sites for hydroxylation is 1. The molecule has 0 spiro atoms. The normalized spacial score (nSPS) is 11.2. The second-order valence-electron chi connectivity index (χ2n) is 6.96. The lowest BCUT2D eigenvalue weighted by Crippen LogP contribution is -2.15. The Labute approximate surface area is 171 Å². The molecule has 5 rings (SSSR count). The summed E-state index contributed by atoms with van der Waals surface area (Å²) in [6.07, 6.45) is 4.01. The fraction of sp³-hybridized carbons (Fsp3) is 0.0870. The highest BCUT2D eigenvalue weighted by molar-refractivity contribution is 7.21. The number of nitrogens with one attached hydrogen (secondary N) is 2. The number of carbonyl (C=O) groups is 1. The zero-order chi connectivity index (χ0) is 19.8. The molecule has 3 heterocycles. The lowest BCUT2D eigenvalue weighted by atomic mass is 10.1. The molecule has 142 valence electrons. The molecule has 0 radical (unpaired) electrons. The van der Waals surface area contributed by atoms with Gasteiger partial charge in [0.05, 0.1) is 6.42 Å². The van der Waals surface area contributed by atoms with Gasteiger partial charge in [0.25, 0.3) is 0 Å². The quantitative estimate of drug-likeness (QED) is 0.430. The van der Waals surface area contributed by atoms with Crippen LogP contribution in [-0.4, -0.2) is 20.9 Å². The van der Waals surface area contributed by atoms with E-state index in [1.165, 1.54) is 0 Å². The maximum absolute atomic E-state index is 12.6. The molecule has 0 saturated heterocycles. The number of nitrogens with zero attached hydrogens (tertiary/aromatic N) is 2. The number of hydrogen-bond donors (Lipinski definition) is 2. The second kappa shape index (κ2) is 7.14. The molecule has 0 aliphatic carbocycles. The molecule has 3 aromatic heterocycles. The van der Waals surface area contributed by atoms with Gasteiger partial charge in [0.2, 0.25) is 5.91 Å². The predicted molar refractivity (Wildman–Crippen MR) is 118 cm³/mol. The van der Waals surface area contributed by atoms with Gasteiger partial charge in [-0.15, -0.1) is 0 Å². The van der Waals surface area contributed by atoms with Crippen LogP contribution < -0.4 is 5.32 Å². The smallest absolute Gasteiger partial charge is 0.228 e. The number of rotatable bonds is 4. The summed E-state index contributed by atoms with van der Waals surface area (Å²) in [5, 5.41) is 5.05. The van der Waals surface area contributed by atoms with Gasteiger partial charge in [0, 0.05) is 34.5 Å². The number of amides is 1. The number of aromatic amines is 1. The number of hydrogen-bond acceptors (Lipinski definition) is 4. The van der Waals surface area contributed by atoms with Crippen molar-refractivity contribution in [2.75, 3.05) is 5.32 Å². The van der Waals surface area contributed by atoms with E-state index in [9.17, 15) is 4.79 Å². The van der Waals surface area contributed by atoms with Gasteiger partial charge in [0.1, 0.15) is 15.4 Å². The van der Waals surface area contributed by atoms with E-state index in [4.69, 9.17) is 0 Å². The molecular weight excluding hydrogens is 380 g/mol. The van der Waals surface area contributed by atoms with E-state index < -0.39 is 0 Å². The van der Waals surface area contributed by atoms with E-state index in [2.05, 4.69) is 26.3 Å². The van der Waals surface area contributed by atoms with E-state index in [0.717, 1.165) is 48.6 Å². The highest BCUT2D eigenvalue weighted by Gasteiger charge is 2.12. The average Bonchev–Trinajstić information content (AvgIpc) is 3.34. The first kappa shape index (κ1) is 17.6. The third kappa shape index (κ3) is 3.39. The Balaban J connectivity index is 1.35. The van der Waals surface area contributed by atoms with Crippen LogP contribution in [0.5, 0.6) is 0 Å². The maximum atomic E-state index is 12.6. The number of H-pyrrole nitrogens is 1. The van der Waals surface area contributed by atoms with E-state index in [0.29, 0.717) is 6.42 Å². The minimum absolute atomic E-state index is 0.0326. The number of benzene rings is 2. The van der Waals surface area contributed by atoms with Crippen molar-refractivity contribution in [1.29, 1.82) is 0 Å². The number of carbonyl (C=O) groups excluding carboxylic acids is 1. The van der Waals surface area contributed by atoms with Gasteiger partial charge in [0.15, 0.2) is 0 Å². The first-order chi connectivity index (χ1) is 14.2. The molecule has 0 unspecified atom stereocenters. The van der Waals surface area contributed by atoms with Crippen molar-refractivity contribution in [1.82, 2.24) is 15.0 Å². The Morgan fingerprint density at radius 3 is 2.90 bits per heavy atom. The summed E-state index contributed by atoms with van der Waals surface area (Å²) in [5.41, 5.74) is 5.79. The number of pyridine rings is 1. The lowest BCUT2D eigenvalue weighted by Gasteiger charge is -2.09. The standard InChI is InChI=1S/C23H18N4OS/c1-14-11-15(22-27-20-7-4-10-24-23(20)29-22)8-9-18(14)26-21(28)12-16-13-25-19-6-3-2-5-17(16)19/h2-11,13,25H,12H2,1H3,(H,26,28). The molecule has 0 aliphatic rings. The summed E-state index contributed by atoms with van der Waals surface area (Å²) in [6.45, 7) is 2.00. The Morgan fingerprint density at radius 2 is 2.03 bits per heavy atom. The van der Waals surface area contributed by atoms with Crippen molar-refractivity contribution in [2.45, 2.75) is 13.3 Å². The van der Waals surface area contributed by atoms with Gasteiger partial charge >= 0.3 is 0 Å². The van der Waals surface area contributed by atoms with E-state index >= 15 is 0 Å². The zero-order valence-corrected chi connectivity index (χ0v) is 16.6. The van der Waals surface area contributed by atoms with Crippen LogP contribution in [-0.2, 0) is 11.2 Å². The minimum Gasteiger partial charge on any atom is -0.361 e. The highest BCUT2D eigenvalue weighted by atomic mass is 32.1. The molecule has 29 heavy (non-hydrogen) atoms. The van der Waals surface area contributed by atoms with Crippen molar-refractivity contribution in [2.24, 2.45) is 0 Å². The Hall–Kier alpha value is -3.51. The monoisotopic (exact) mass is 398 g/mol. The van der Waals surface area contributed by atoms with Crippen LogP contribution in [0.2, 0.25) is 0 Å². The summed E-state index contributed by atoms with van der Waals surface area (Å²) in [4.78, 5) is 25.8. The summed E-state index contributed by atoms with van der Waals surface area (Å²) < 4.78 is 0. The average molecular weight is 398 g/mol. The SMILES string of the molecule is Cc1cc(-c2nc3cccnc3s2)ccc1NC(=O)Cc1c[nH]c2ccccc12. The van der Waals surface area contributed by atoms with Gasteiger partial charge in [-0.25, -0.2) is 9.97 Å². The summed E-state index contributed by atoms with van der Waals surface area (Å²) in [7, 11) is 0. The number of para-hydroxylation sites is 1. The van der Waals surface area contributed by atoms with Crippen LogP contribution in [0.1, 0.15) is 11.1 Å². The fourth-order valence-electron chi connectivity index (χ4n) is 3.48. The molecule has 0 bridgehead atoms. The molecule has 0 fully saturated rings. The van der Waals surface area contributed by atoms with Gasteiger partial charge in [-0.05, 0) is 54.4 Å². The van der Waals surface area contributed by atoms with E-state index in [1.54, 1.807) is 17.5 Å². The fourth-order valence-corrected chi connectivity index (χ4v) is 4.38. The predicted octanol–water partition coefficient (Wildman–Crippen LogP) is 5.33. The Kier molecular flexibility index (Phi) is 4.33. The van der Waals surface area contributed by atoms with Crippen molar-refractivity contribution in [3.05, 3.63) is 78.1 Å². The first-order valence-corrected chi connectivity index (χ1v) is 10.2. The lowest BCUT2D eigenvalue weighted by molar-refractivity contribution is -0.115. The molecule has 5 nitrogen and oxygen atoms in total. The zero-order valence-electron chi connectivity index (χ0n) is 15.8. The van der Waals surface area contributed by atoms with Gasteiger partial charge in [-0.3, -0.25) is 4.79 Å². The highest BCUT2D eigenvalue weighted by Crippen LogP contribution is 2.31. The molecule has 0 saturated carbocycles. The second-order valence-corrected chi connectivity index (χ2v) is 7.94. The molecule has 6 heteroatoms. The van der Waals surface area contributed by atoms with Crippen LogP contribution in [0.25, 0.3) is 31.8 Å². The molecule has 2 N–H and O–H groups in total. The number of thiazole rings is 1. The minimum atomic E-state index is -0.0326. The van der Waals surface area contributed by atoms with Gasteiger partial charge < -0.3 is 10.3 Å². The number of aromatic nitrogens is 3. The third-order valence-corrected chi connectivity index (χ3v) is 5.97. The number of fused-ring (bicyclic) bond motifs is 2. The van der Waals surface area contributed by atoms with Gasteiger partial charge in [-0.1, -0.05) is 29.5 Å². The van der Waals surface area contributed by atoms with Crippen LogP contribution in [0.4, 0.5) is 5.69 Å². The summed E-state index contributed by atoms with van der Waals surface area (Å²) >= 11 is 1.57. The van der Waals surface area contributed by atoms with Crippen molar-refractivity contribution in [3.8, 4) is 10.6 Å². The summed E-state index contributed by atoms with van der Waals surface area (Å²) in [5.74, 6) is -0.0326. The van der Waals surface area contributed by atoms with E-state index in [-0.39, 0.29) is 5.91 Å². The number of anilines is 1. The third-order valence-electron chi connectivity index (χ3n) is 4.94. The van der Waals surface area contributed by atoms with Crippen LogP contribution in [0, 0.1) is 6.92 Å². The molecule has 0 aliphatic heterocycles. The molecular formula is C23H18N4OS.